The second kappa shape index (κ2) is 5.01. The topological polar surface area (TPSA) is 58.7 Å². The van der Waals surface area contributed by atoms with Gasteiger partial charge in [-0.25, -0.2) is 4.89 Å². The van der Waals surface area contributed by atoms with Gasteiger partial charge in [0.1, 0.15) is 12.7 Å². The summed E-state index contributed by atoms with van der Waals surface area (Å²) in [4.78, 5) is 4.86. The Morgan fingerprint density at radius 1 is 1.23 bits per heavy atom. The third kappa shape index (κ3) is 3.31. The third-order valence-corrected chi connectivity index (χ3v) is 3.39. The van der Waals surface area contributed by atoms with Crippen molar-refractivity contribution < 1.29 is 27.5 Å². The highest BCUT2D eigenvalue weighted by Gasteiger charge is 2.44. The van der Waals surface area contributed by atoms with Gasteiger partial charge in [0.2, 0.25) is 0 Å². The fourth-order valence-corrected chi connectivity index (χ4v) is 1.61. The smallest absolute Gasteiger partial charge is 0.370 e. The van der Waals surface area contributed by atoms with E-state index in [-0.39, 0.29) is 6.10 Å². The second-order valence-corrected chi connectivity index (χ2v) is 4.83. The minimum absolute atomic E-state index is 0.136. The molecular weight excluding hydrogens is 196 g/mol. The molecule has 1 fully saturated rings. The maximum atomic E-state index is 4.94. The van der Waals surface area contributed by atoms with Crippen LogP contribution in [0.4, 0.5) is 0 Å². The summed E-state index contributed by atoms with van der Waals surface area (Å²) in [6.45, 7) is 1.08. The molecule has 1 rings (SSSR count). The van der Waals surface area contributed by atoms with Crippen molar-refractivity contribution in [2.45, 2.75) is 6.10 Å². The molecule has 1 aliphatic rings. The predicted octanol–water partition coefficient (Wildman–Crippen LogP) is -0.292. The van der Waals surface area contributed by atoms with Crippen LogP contribution in [0.25, 0.3) is 0 Å². The molecule has 0 bridgehead atoms. The normalized spacial score (nSPS) is 21.9. The molecule has 0 radical (unpaired) electrons. The van der Waals surface area contributed by atoms with E-state index in [1.807, 2.05) is 0 Å². The van der Waals surface area contributed by atoms with Crippen molar-refractivity contribution in [2.75, 3.05) is 34.5 Å². The van der Waals surface area contributed by atoms with Gasteiger partial charge in [-0.05, 0) is 0 Å². The maximum Gasteiger partial charge on any atom is 0.707 e. The summed E-state index contributed by atoms with van der Waals surface area (Å²) in [5, 5.41) is 0. The summed E-state index contributed by atoms with van der Waals surface area (Å²) in [6.07, 6.45) is 0.136. The molecule has 0 saturated carbocycles. The van der Waals surface area contributed by atoms with Gasteiger partial charge < -0.3 is 18.0 Å². The van der Waals surface area contributed by atoms with E-state index < -0.39 is 9.05 Å². The van der Waals surface area contributed by atoms with E-state index in [1.54, 1.807) is 0 Å². The highest BCUT2D eigenvalue weighted by molar-refractivity contribution is 6.53. The molecule has 1 aliphatic heterocycles. The highest BCUT2D eigenvalue weighted by Crippen LogP contribution is 2.12. The summed E-state index contributed by atoms with van der Waals surface area (Å²) < 4.78 is 24.7. The minimum atomic E-state index is -3.03. The van der Waals surface area contributed by atoms with Gasteiger partial charge in [-0.3, -0.25) is 0 Å². The van der Waals surface area contributed by atoms with E-state index in [0.29, 0.717) is 13.2 Å². The molecule has 1 unspecified atom stereocenters. The molecule has 1 heterocycles. The zero-order valence-corrected chi connectivity index (χ0v) is 8.94. The Labute approximate surface area is 78.0 Å². The Balaban J connectivity index is 2.19. The lowest BCUT2D eigenvalue weighted by atomic mass is 10.5. The van der Waals surface area contributed by atoms with Crippen LogP contribution in [0.5, 0.6) is 0 Å². The molecule has 0 amide bonds. The summed E-state index contributed by atoms with van der Waals surface area (Å²) in [7, 11) is 1.29. The van der Waals surface area contributed by atoms with Crippen molar-refractivity contribution in [1.29, 1.82) is 0 Å². The van der Waals surface area contributed by atoms with E-state index in [9.17, 15) is 0 Å². The first kappa shape index (κ1) is 11.1. The molecule has 6 nitrogen and oxygen atoms in total. The number of ether oxygens (including phenoxy) is 1. The van der Waals surface area contributed by atoms with Crippen LogP contribution < -0.4 is 0 Å². The Morgan fingerprint density at radius 2 is 1.77 bits per heavy atom. The fourth-order valence-electron chi connectivity index (χ4n) is 0.698. The van der Waals surface area contributed by atoms with E-state index in [2.05, 4.69) is 0 Å². The van der Waals surface area contributed by atoms with Crippen LogP contribution in [-0.4, -0.2) is 49.7 Å². The SMILES string of the molecule is CO[Si](OC)(OC)OOCC1CO1. The van der Waals surface area contributed by atoms with Crippen molar-refractivity contribution >= 4 is 9.05 Å². The van der Waals surface area contributed by atoms with Crippen LogP contribution in [0.3, 0.4) is 0 Å². The molecule has 78 valence electrons. The first-order valence-electron chi connectivity index (χ1n) is 3.84. The van der Waals surface area contributed by atoms with Gasteiger partial charge in [-0.15, -0.1) is 0 Å². The average molecular weight is 210 g/mol. The zero-order valence-electron chi connectivity index (χ0n) is 7.94. The van der Waals surface area contributed by atoms with Crippen LogP contribution in [0.15, 0.2) is 0 Å². The van der Waals surface area contributed by atoms with Crippen molar-refractivity contribution in [3.63, 3.8) is 0 Å². The number of hydrogen-bond acceptors (Lipinski definition) is 6. The molecule has 1 atom stereocenters. The van der Waals surface area contributed by atoms with Gasteiger partial charge in [0, 0.05) is 21.3 Å². The molecule has 0 N–H and O–H groups in total. The molecule has 1 saturated heterocycles. The van der Waals surface area contributed by atoms with E-state index in [4.69, 9.17) is 27.5 Å². The predicted molar refractivity (Wildman–Crippen MR) is 43.6 cm³/mol. The van der Waals surface area contributed by atoms with Gasteiger partial charge in [0.15, 0.2) is 0 Å². The molecule has 0 aliphatic carbocycles. The lowest BCUT2D eigenvalue weighted by Gasteiger charge is -2.20. The van der Waals surface area contributed by atoms with Gasteiger partial charge in [0.05, 0.1) is 6.61 Å². The molecule has 0 aromatic heterocycles. The summed E-state index contributed by atoms with van der Waals surface area (Å²) in [5.74, 6) is 0. The number of epoxide rings is 1. The molecule has 0 aromatic rings. The first-order chi connectivity index (χ1) is 6.26. The van der Waals surface area contributed by atoms with Crippen LogP contribution in [0, 0.1) is 0 Å². The molecule has 0 spiro atoms. The Morgan fingerprint density at radius 3 is 2.15 bits per heavy atom. The van der Waals surface area contributed by atoms with Crippen molar-refractivity contribution in [3.05, 3.63) is 0 Å². The second-order valence-electron chi connectivity index (χ2n) is 2.44. The van der Waals surface area contributed by atoms with Crippen molar-refractivity contribution in [3.8, 4) is 0 Å². The Hall–Kier alpha value is -0.0231. The Kier molecular flexibility index (Phi) is 4.26. The van der Waals surface area contributed by atoms with E-state index in [1.165, 1.54) is 21.3 Å². The van der Waals surface area contributed by atoms with E-state index >= 15 is 0 Å². The summed E-state index contributed by atoms with van der Waals surface area (Å²) in [5.41, 5.74) is 0. The van der Waals surface area contributed by atoms with Crippen LogP contribution >= 0.6 is 0 Å². The van der Waals surface area contributed by atoms with Crippen molar-refractivity contribution in [2.24, 2.45) is 0 Å². The molecule has 7 heteroatoms. The molecular formula is C6H14O6Si. The van der Waals surface area contributed by atoms with Crippen molar-refractivity contribution in [1.82, 2.24) is 0 Å². The highest BCUT2D eigenvalue weighted by atomic mass is 28.4. The average Bonchev–Trinajstić information content (AvgIpc) is 2.97. The quantitative estimate of drug-likeness (QED) is 0.249. The summed E-state index contributed by atoms with van der Waals surface area (Å²) >= 11 is 0. The molecule has 13 heavy (non-hydrogen) atoms. The number of hydrogen-bond donors (Lipinski definition) is 0. The number of rotatable bonds is 7. The maximum absolute atomic E-state index is 4.94. The monoisotopic (exact) mass is 210 g/mol. The standard InChI is InChI=1S/C6H14O6Si/c1-7-13(8-2,9-3)12-11-5-6-4-10-6/h6H,4-5H2,1-3H3. The minimum Gasteiger partial charge on any atom is -0.370 e. The lowest BCUT2D eigenvalue weighted by Crippen LogP contribution is -2.46. The molecule has 0 aromatic carbocycles. The Bertz CT molecular complexity index is 138. The lowest BCUT2D eigenvalue weighted by molar-refractivity contribution is -0.270. The van der Waals surface area contributed by atoms with Gasteiger partial charge >= 0.3 is 9.05 Å². The van der Waals surface area contributed by atoms with Crippen LogP contribution in [0.2, 0.25) is 0 Å². The third-order valence-electron chi connectivity index (χ3n) is 1.57. The van der Waals surface area contributed by atoms with Gasteiger partial charge in [-0.1, -0.05) is 0 Å². The summed E-state index contributed by atoms with van der Waals surface area (Å²) in [6, 6.07) is 0. The zero-order chi connectivity index (χ0) is 9.73. The van der Waals surface area contributed by atoms with E-state index in [0.717, 1.165) is 0 Å². The first-order valence-corrected chi connectivity index (χ1v) is 5.47. The van der Waals surface area contributed by atoms with Gasteiger partial charge in [0.25, 0.3) is 0 Å². The largest absolute Gasteiger partial charge is 0.707 e. The van der Waals surface area contributed by atoms with Crippen LogP contribution in [-0.2, 0) is 27.5 Å². The fraction of sp³-hybridized carbons (Fsp3) is 1.00. The van der Waals surface area contributed by atoms with Gasteiger partial charge in [-0.2, -0.15) is 4.58 Å². The van der Waals surface area contributed by atoms with Crippen LogP contribution in [0.1, 0.15) is 0 Å².